The molecule has 3 amide bonds. The first kappa shape index (κ1) is 46.3. The molecule has 2 aliphatic heterocycles. The summed E-state index contributed by atoms with van der Waals surface area (Å²) in [5, 5.41) is 108. The van der Waals surface area contributed by atoms with Crippen LogP contribution < -0.4 is 16.0 Å². The van der Waals surface area contributed by atoms with Crippen LogP contribution in [-0.2, 0) is 50.4 Å². The van der Waals surface area contributed by atoms with Crippen LogP contribution in [0.25, 0.3) is 0 Å². The minimum atomic E-state index is -2.04. The molecule has 2 aliphatic rings. The topological polar surface area (TPSA) is 378 Å². The average Bonchev–Trinajstić information content (AvgIpc) is 3.20. The first-order valence-corrected chi connectivity index (χ1v) is 17.2. The number of carbonyl (C=O) groups excluding carboxylic acids is 6. The van der Waals surface area contributed by atoms with Crippen LogP contribution in [0, 0.1) is 0 Å². The molecule has 60 heavy (non-hydrogen) atoms. The molecule has 2 fully saturated rings. The smallest absolute Gasteiger partial charge is 0.332 e. The quantitative estimate of drug-likeness (QED) is 0.0458. The number of aliphatic hydroxyl groups excluding tert-OH is 4. The van der Waals surface area contributed by atoms with E-state index in [1.165, 1.54) is 12.1 Å². The van der Waals surface area contributed by atoms with E-state index in [1.807, 2.05) is 0 Å². The van der Waals surface area contributed by atoms with Crippen molar-refractivity contribution < 1.29 is 116 Å². The van der Waals surface area contributed by atoms with Gasteiger partial charge in [-0.05, 0) is 42.0 Å². The Hall–Kier alpha value is -6.40. The molecule has 0 radical (unpaired) electrons. The van der Waals surface area contributed by atoms with Gasteiger partial charge < -0.3 is 86.0 Å². The molecule has 0 spiro atoms. The summed E-state index contributed by atoms with van der Waals surface area (Å²) >= 11 is 0. The second kappa shape index (κ2) is 19.6. The third-order valence-electron chi connectivity index (χ3n) is 9.04. The van der Waals surface area contributed by atoms with E-state index in [9.17, 15) is 79.8 Å². The van der Waals surface area contributed by atoms with E-state index in [0.29, 0.717) is 0 Å². The Morgan fingerprint density at radius 3 is 1.38 bits per heavy atom. The third-order valence-corrected chi connectivity index (χ3v) is 9.04. The number of nitrogens with one attached hydrogen (secondary N) is 3. The van der Waals surface area contributed by atoms with E-state index in [1.54, 1.807) is 0 Å². The van der Waals surface area contributed by atoms with E-state index in [0.717, 1.165) is 36.4 Å². The van der Waals surface area contributed by atoms with Gasteiger partial charge >= 0.3 is 17.9 Å². The predicted molar refractivity (Wildman–Crippen MR) is 189 cm³/mol. The molecule has 0 aliphatic carbocycles. The van der Waals surface area contributed by atoms with E-state index in [4.69, 9.17) is 18.9 Å². The van der Waals surface area contributed by atoms with E-state index >= 15 is 0 Å². The van der Waals surface area contributed by atoms with E-state index in [-0.39, 0.29) is 22.6 Å². The van der Waals surface area contributed by atoms with E-state index in [2.05, 4.69) is 16.0 Å². The molecule has 5 rings (SSSR count). The first-order valence-electron chi connectivity index (χ1n) is 17.2. The van der Waals surface area contributed by atoms with Crippen LogP contribution in [0.1, 0.15) is 42.7 Å². The molecule has 0 unspecified atom stereocenters. The molecule has 2 heterocycles. The van der Waals surface area contributed by atoms with Gasteiger partial charge in [0, 0.05) is 17.1 Å². The standard InChI is InChI=1S/C36H37N3O20.Fe/c40-9-23-27(47)28(48)29(49)30(59-23)13-7-16(26(46)22(43)8-13)33(52)39-19-12-58-35(54)17(37-31(50)14-3-1-5-20(41)24(14)44)10-56-34(53)18(11-57-36(19)55)38-32(51)15-4-2-6-21(42)25(15)45;/h1-8,17-19,23,27-30,40-49H,9-12H2,(H,37,50)(H,38,51)(H,39,52);/t17-,18-,19-,23+,27+,28-,29+,30-;/m0./s1. The predicted octanol–water partition coefficient (Wildman–Crippen LogP) is -3.23. The fraction of sp³-hybridized carbons (Fsp3) is 0.333. The number of phenolic OH excluding ortho intramolecular Hbond substituents is 6. The number of ether oxygens (including phenoxy) is 4. The Balaban J connectivity index is 0.00000794. The van der Waals surface area contributed by atoms with Crippen LogP contribution in [-0.4, -0.2) is 156 Å². The summed E-state index contributed by atoms with van der Waals surface area (Å²) in [6, 6.07) is 2.31. The third kappa shape index (κ3) is 10.1. The molecule has 13 N–H and O–H groups in total. The molecule has 2 saturated heterocycles. The maximum Gasteiger partial charge on any atom is 0.332 e. The van der Waals surface area contributed by atoms with Crippen LogP contribution >= 0.6 is 0 Å². The van der Waals surface area contributed by atoms with Crippen LogP contribution in [0.3, 0.4) is 0 Å². The number of rotatable bonds is 8. The number of para-hydroxylation sites is 2. The SMILES string of the molecule is O=C(N[C@H]1COC(=O)[C@@H](NC(=O)c2cccc(O)c2O)COC(=O)[C@@H](NC(=O)c2cc([C@@H]3O[C@H](CO)[C@@H](O)[C@H](O)[C@H]3O)cc(O)c2O)COC1=O)c1cccc(O)c1O.[Fe]. The largest absolute Gasteiger partial charge is 0.504 e. The van der Waals surface area contributed by atoms with Crippen LogP contribution in [0.5, 0.6) is 34.5 Å². The summed E-state index contributed by atoms with van der Waals surface area (Å²) in [4.78, 5) is 79.8. The van der Waals surface area contributed by atoms with Crippen molar-refractivity contribution in [2.75, 3.05) is 26.4 Å². The molecule has 3 aromatic carbocycles. The summed E-state index contributed by atoms with van der Waals surface area (Å²) < 4.78 is 20.9. The Morgan fingerprint density at radius 1 is 0.567 bits per heavy atom. The molecule has 0 bridgehead atoms. The molecular weight excluding hydrogens is 850 g/mol. The molecule has 8 atom stereocenters. The fourth-order valence-corrected chi connectivity index (χ4v) is 5.80. The van der Waals surface area contributed by atoms with Gasteiger partial charge in [0.05, 0.1) is 23.3 Å². The van der Waals surface area contributed by atoms with Gasteiger partial charge in [-0.3, -0.25) is 14.4 Å². The first-order chi connectivity index (χ1) is 27.9. The number of benzene rings is 3. The van der Waals surface area contributed by atoms with Gasteiger partial charge in [0.15, 0.2) is 52.6 Å². The van der Waals surface area contributed by atoms with Gasteiger partial charge in [0.1, 0.15) is 50.3 Å². The monoisotopic (exact) mass is 887 g/mol. The minimum absolute atomic E-state index is 0. The molecule has 3 aromatic rings. The van der Waals surface area contributed by atoms with Crippen molar-refractivity contribution in [1.82, 2.24) is 16.0 Å². The summed E-state index contributed by atoms with van der Waals surface area (Å²) in [5.74, 6) is -13.4. The van der Waals surface area contributed by atoms with Crippen molar-refractivity contribution in [2.45, 2.75) is 48.6 Å². The van der Waals surface area contributed by atoms with Gasteiger partial charge in [0.25, 0.3) is 17.7 Å². The number of hydrogen-bond acceptors (Lipinski definition) is 20. The summed E-state index contributed by atoms with van der Waals surface area (Å²) in [5.41, 5.74) is -2.18. The number of phenols is 6. The molecule has 0 aromatic heterocycles. The zero-order valence-corrected chi connectivity index (χ0v) is 31.6. The summed E-state index contributed by atoms with van der Waals surface area (Å²) in [6.07, 6.45) is -8.57. The van der Waals surface area contributed by atoms with Crippen molar-refractivity contribution in [3.8, 4) is 34.5 Å². The normalized spacial score (nSPS) is 24.8. The maximum absolute atomic E-state index is 13.6. The van der Waals surface area contributed by atoms with Crippen molar-refractivity contribution in [3.05, 3.63) is 70.8 Å². The van der Waals surface area contributed by atoms with Gasteiger partial charge in [-0.25, -0.2) is 14.4 Å². The van der Waals surface area contributed by atoms with Crippen molar-refractivity contribution in [3.63, 3.8) is 0 Å². The number of cyclic esters (lactones) is 3. The number of hydrogen-bond donors (Lipinski definition) is 13. The van der Waals surface area contributed by atoms with Crippen LogP contribution in [0.4, 0.5) is 0 Å². The second-order valence-electron chi connectivity index (χ2n) is 13.0. The second-order valence-corrected chi connectivity index (χ2v) is 13.0. The molecule has 324 valence electrons. The summed E-state index contributed by atoms with van der Waals surface area (Å²) in [6.45, 7) is -4.02. The maximum atomic E-state index is 13.6. The van der Waals surface area contributed by atoms with Gasteiger partial charge in [-0.2, -0.15) is 0 Å². The minimum Gasteiger partial charge on any atom is -0.504 e. The molecule has 24 heteroatoms. The van der Waals surface area contributed by atoms with Crippen molar-refractivity contribution in [2.24, 2.45) is 0 Å². The van der Waals surface area contributed by atoms with Gasteiger partial charge in [-0.15, -0.1) is 0 Å². The molecule has 0 saturated carbocycles. The fourth-order valence-electron chi connectivity index (χ4n) is 5.80. The van der Waals surface area contributed by atoms with Crippen molar-refractivity contribution >= 4 is 35.6 Å². The summed E-state index contributed by atoms with van der Waals surface area (Å²) in [7, 11) is 0. The van der Waals surface area contributed by atoms with Crippen molar-refractivity contribution in [1.29, 1.82) is 0 Å². The Labute approximate surface area is 347 Å². The van der Waals surface area contributed by atoms with Gasteiger partial charge in [-0.1, -0.05) is 12.1 Å². The van der Waals surface area contributed by atoms with Crippen LogP contribution in [0.2, 0.25) is 0 Å². The molecule has 23 nitrogen and oxygen atoms in total. The number of aliphatic hydroxyl groups is 4. The Kier molecular flexibility index (Phi) is 15.1. The number of carbonyl (C=O) groups is 6. The zero-order chi connectivity index (χ0) is 43.3. The average molecular weight is 888 g/mol. The molecular formula is C36H37FeN3O20. The van der Waals surface area contributed by atoms with Crippen LogP contribution in [0.15, 0.2) is 48.5 Å². The Bertz CT molecular complexity index is 2070. The zero-order valence-electron chi connectivity index (χ0n) is 30.5. The number of amides is 3. The Morgan fingerprint density at radius 2 is 0.967 bits per heavy atom. The van der Waals surface area contributed by atoms with Gasteiger partial charge in [0.2, 0.25) is 0 Å². The van der Waals surface area contributed by atoms with E-state index < -0.39 is 162 Å². The number of aromatic hydroxyl groups is 6. The number of esters is 3.